The minimum Gasteiger partial charge on any atom is -0.459 e. The molecule has 1 heterocycles. The third-order valence-electron chi connectivity index (χ3n) is 5.25. The van der Waals surface area contributed by atoms with Crippen LogP contribution in [0.1, 0.15) is 54.7 Å². The van der Waals surface area contributed by atoms with Crippen LogP contribution in [0.5, 0.6) is 0 Å². The number of carbonyl (C=O) groups is 1. The molecule has 2 aromatic carbocycles. The molecule has 0 bridgehead atoms. The number of fused-ring (bicyclic) bond motifs is 1. The molecule has 0 radical (unpaired) electrons. The van der Waals surface area contributed by atoms with E-state index in [1.165, 1.54) is 0 Å². The summed E-state index contributed by atoms with van der Waals surface area (Å²) in [5.74, 6) is -0.375. The number of nitriles is 1. The zero-order valence-corrected chi connectivity index (χ0v) is 17.8. The van der Waals surface area contributed by atoms with E-state index in [1.54, 1.807) is 18.2 Å². The lowest BCUT2D eigenvalue weighted by atomic mass is 9.78. The van der Waals surface area contributed by atoms with E-state index in [2.05, 4.69) is 11.1 Å². The van der Waals surface area contributed by atoms with E-state index >= 15 is 0 Å². The van der Waals surface area contributed by atoms with Crippen molar-refractivity contribution in [2.24, 2.45) is 0 Å². The Kier molecular flexibility index (Phi) is 6.07. The SMILES string of the molecule is CCc1cc2ccc(C(C)(C#N)Cc3cccc(C(=O)OC(C)C)c3)cc2[nH]c1=O. The fourth-order valence-electron chi connectivity index (χ4n) is 3.56. The van der Waals surface area contributed by atoms with Crippen molar-refractivity contribution in [2.45, 2.75) is 52.1 Å². The van der Waals surface area contributed by atoms with Crippen LogP contribution in [0.4, 0.5) is 0 Å². The van der Waals surface area contributed by atoms with Gasteiger partial charge in [0, 0.05) is 11.1 Å². The van der Waals surface area contributed by atoms with Crippen LogP contribution in [0.3, 0.4) is 0 Å². The number of pyridine rings is 1. The predicted molar refractivity (Wildman–Crippen MR) is 118 cm³/mol. The van der Waals surface area contributed by atoms with Crippen LogP contribution in [0.25, 0.3) is 10.9 Å². The van der Waals surface area contributed by atoms with Crippen LogP contribution in [-0.4, -0.2) is 17.1 Å². The Morgan fingerprint density at radius 3 is 2.63 bits per heavy atom. The Morgan fingerprint density at radius 2 is 1.97 bits per heavy atom. The van der Waals surface area contributed by atoms with E-state index in [-0.39, 0.29) is 17.6 Å². The maximum atomic E-state index is 12.2. The molecule has 1 atom stereocenters. The van der Waals surface area contributed by atoms with Gasteiger partial charge >= 0.3 is 5.97 Å². The van der Waals surface area contributed by atoms with Crippen molar-refractivity contribution in [3.05, 3.63) is 81.1 Å². The Morgan fingerprint density at radius 1 is 1.20 bits per heavy atom. The maximum absolute atomic E-state index is 12.2. The van der Waals surface area contributed by atoms with Gasteiger partial charge in [0.25, 0.3) is 5.56 Å². The molecular weight excluding hydrogens is 376 g/mol. The van der Waals surface area contributed by atoms with Gasteiger partial charge in [0.15, 0.2) is 0 Å². The number of carbonyl (C=O) groups excluding carboxylic acids is 1. The first-order valence-corrected chi connectivity index (χ1v) is 10.1. The zero-order valence-electron chi connectivity index (χ0n) is 17.8. The third kappa shape index (κ3) is 4.44. The van der Waals surface area contributed by atoms with E-state index in [9.17, 15) is 14.9 Å². The summed E-state index contributed by atoms with van der Waals surface area (Å²) in [4.78, 5) is 27.3. The number of nitrogens with zero attached hydrogens (tertiary/aromatic N) is 1. The second kappa shape index (κ2) is 8.54. The average molecular weight is 402 g/mol. The molecule has 1 unspecified atom stereocenters. The lowest BCUT2D eigenvalue weighted by molar-refractivity contribution is 0.0377. The van der Waals surface area contributed by atoms with Crippen LogP contribution >= 0.6 is 0 Å². The largest absolute Gasteiger partial charge is 0.459 e. The topological polar surface area (TPSA) is 82.9 Å². The monoisotopic (exact) mass is 402 g/mol. The van der Waals surface area contributed by atoms with Gasteiger partial charge in [-0.3, -0.25) is 4.79 Å². The molecule has 3 rings (SSSR count). The Hall–Kier alpha value is -3.39. The number of aromatic nitrogens is 1. The number of H-pyrrole nitrogens is 1. The number of benzene rings is 2. The van der Waals surface area contributed by atoms with Crippen molar-refractivity contribution in [1.82, 2.24) is 4.98 Å². The number of ether oxygens (including phenoxy) is 1. The lowest BCUT2D eigenvalue weighted by Gasteiger charge is -2.23. The number of esters is 1. The van der Waals surface area contributed by atoms with Crippen molar-refractivity contribution in [3.8, 4) is 6.07 Å². The van der Waals surface area contributed by atoms with Crippen molar-refractivity contribution in [3.63, 3.8) is 0 Å². The molecule has 30 heavy (non-hydrogen) atoms. The van der Waals surface area contributed by atoms with Crippen molar-refractivity contribution < 1.29 is 9.53 Å². The van der Waals surface area contributed by atoms with Gasteiger partial charge < -0.3 is 9.72 Å². The van der Waals surface area contributed by atoms with Crippen molar-refractivity contribution in [2.75, 3.05) is 0 Å². The first kappa shape index (κ1) is 21.3. The third-order valence-corrected chi connectivity index (χ3v) is 5.25. The molecule has 0 aliphatic heterocycles. The molecule has 1 aromatic heterocycles. The highest BCUT2D eigenvalue weighted by atomic mass is 16.5. The first-order valence-electron chi connectivity index (χ1n) is 10.1. The normalized spacial score (nSPS) is 13.1. The summed E-state index contributed by atoms with van der Waals surface area (Å²) >= 11 is 0. The van der Waals surface area contributed by atoms with E-state index < -0.39 is 5.41 Å². The highest BCUT2D eigenvalue weighted by Gasteiger charge is 2.28. The van der Waals surface area contributed by atoms with Crippen LogP contribution in [0.15, 0.2) is 53.3 Å². The molecule has 0 saturated carbocycles. The van der Waals surface area contributed by atoms with Crippen LogP contribution < -0.4 is 5.56 Å². The minimum absolute atomic E-state index is 0.0998. The van der Waals surface area contributed by atoms with Gasteiger partial charge in [0.05, 0.1) is 23.2 Å². The quantitative estimate of drug-likeness (QED) is 0.607. The summed E-state index contributed by atoms with van der Waals surface area (Å²) in [6, 6.07) is 17.2. The number of aromatic amines is 1. The van der Waals surface area contributed by atoms with Crippen molar-refractivity contribution >= 4 is 16.9 Å². The molecule has 0 spiro atoms. The number of hydrogen-bond acceptors (Lipinski definition) is 4. The minimum atomic E-state index is -0.824. The summed E-state index contributed by atoms with van der Waals surface area (Å²) in [6.07, 6.45) is 0.895. The number of hydrogen-bond donors (Lipinski definition) is 1. The standard InChI is InChI=1S/C25H26N2O3/c1-5-18-12-19-9-10-21(13-22(19)27-23(18)28)25(4,15-26)14-17-7-6-8-20(11-17)24(29)30-16(2)3/h6-13,16H,5,14H2,1-4H3,(H,27,28). The Bertz CT molecular complexity index is 1190. The Balaban J connectivity index is 1.95. The van der Waals surface area contributed by atoms with Gasteiger partial charge in [-0.15, -0.1) is 0 Å². The first-order chi connectivity index (χ1) is 14.3. The summed E-state index contributed by atoms with van der Waals surface area (Å²) < 4.78 is 5.27. The van der Waals surface area contributed by atoms with Gasteiger partial charge in [-0.1, -0.05) is 31.2 Å². The highest BCUT2D eigenvalue weighted by molar-refractivity contribution is 5.89. The molecular formula is C25H26N2O3. The zero-order chi connectivity index (χ0) is 21.9. The number of rotatable bonds is 6. The Labute approximate surface area is 176 Å². The van der Waals surface area contributed by atoms with Crippen LogP contribution in [0, 0.1) is 11.3 Å². The van der Waals surface area contributed by atoms with Gasteiger partial charge in [0.1, 0.15) is 0 Å². The molecule has 0 saturated heterocycles. The average Bonchev–Trinajstić information content (AvgIpc) is 2.72. The number of aryl methyl sites for hydroxylation is 1. The van der Waals surface area contributed by atoms with Gasteiger partial charge in [-0.05, 0) is 74.4 Å². The molecule has 0 amide bonds. The molecule has 3 aromatic rings. The molecule has 0 aliphatic carbocycles. The van der Waals surface area contributed by atoms with Crippen LogP contribution in [0.2, 0.25) is 0 Å². The van der Waals surface area contributed by atoms with Gasteiger partial charge in [-0.2, -0.15) is 5.26 Å². The number of nitrogens with one attached hydrogen (secondary N) is 1. The fourth-order valence-corrected chi connectivity index (χ4v) is 3.56. The second-order valence-corrected chi connectivity index (χ2v) is 8.05. The molecule has 0 fully saturated rings. The van der Waals surface area contributed by atoms with E-state index in [0.717, 1.165) is 22.1 Å². The van der Waals surface area contributed by atoms with E-state index in [4.69, 9.17) is 4.74 Å². The summed E-state index contributed by atoms with van der Waals surface area (Å²) in [5.41, 5.74) is 2.68. The molecule has 0 aliphatic rings. The second-order valence-electron chi connectivity index (χ2n) is 8.05. The maximum Gasteiger partial charge on any atom is 0.338 e. The van der Waals surface area contributed by atoms with E-state index in [0.29, 0.717) is 23.9 Å². The van der Waals surface area contributed by atoms with Crippen LogP contribution in [-0.2, 0) is 23.0 Å². The summed E-state index contributed by atoms with van der Waals surface area (Å²) in [7, 11) is 0. The van der Waals surface area contributed by atoms with Gasteiger partial charge in [-0.25, -0.2) is 4.79 Å². The molecule has 5 heteroatoms. The summed E-state index contributed by atoms with van der Waals surface area (Å²) in [6.45, 7) is 7.43. The summed E-state index contributed by atoms with van der Waals surface area (Å²) in [5, 5.41) is 10.9. The molecule has 1 N–H and O–H groups in total. The lowest BCUT2D eigenvalue weighted by Crippen LogP contribution is -2.23. The smallest absolute Gasteiger partial charge is 0.338 e. The fraction of sp³-hybridized carbons (Fsp3) is 0.320. The van der Waals surface area contributed by atoms with Gasteiger partial charge in [0.2, 0.25) is 0 Å². The van der Waals surface area contributed by atoms with Crippen molar-refractivity contribution in [1.29, 1.82) is 5.26 Å². The highest BCUT2D eigenvalue weighted by Crippen LogP contribution is 2.30. The van der Waals surface area contributed by atoms with E-state index in [1.807, 2.05) is 58.0 Å². The molecule has 5 nitrogen and oxygen atoms in total. The molecule has 154 valence electrons. The predicted octanol–water partition coefficient (Wildman–Crippen LogP) is 4.68.